The molecular weight excluding hydrogens is 602 g/mol. The van der Waals surface area contributed by atoms with Crippen LogP contribution < -0.4 is 5.32 Å². The Morgan fingerprint density at radius 3 is 1.22 bits per heavy atom. The van der Waals surface area contributed by atoms with E-state index in [-0.39, 0.29) is 12.5 Å². The summed E-state index contributed by atoms with van der Waals surface area (Å²) in [4.78, 5) is 12.2. The van der Waals surface area contributed by atoms with E-state index < -0.39 is 12.1 Å². The predicted octanol–water partition coefficient (Wildman–Crippen LogP) is 13.6. The number of hydrogen-bond donors (Lipinski definition) is 3. The zero-order valence-corrected chi connectivity index (χ0v) is 33.2. The van der Waals surface area contributed by atoms with Crippen LogP contribution in [0.4, 0.5) is 0 Å². The van der Waals surface area contributed by atoms with Crippen LogP contribution in [0, 0.1) is 0 Å². The molecule has 0 heterocycles. The van der Waals surface area contributed by atoms with Crippen molar-refractivity contribution in [2.75, 3.05) is 6.61 Å². The van der Waals surface area contributed by atoms with Crippen molar-refractivity contribution in [3.8, 4) is 0 Å². The fourth-order valence-electron chi connectivity index (χ4n) is 6.80. The average molecular weight is 690 g/mol. The molecule has 0 bridgehead atoms. The molecule has 49 heavy (non-hydrogen) atoms. The molecule has 0 aromatic carbocycles. The Balaban J connectivity index is 3.30. The molecule has 0 fully saturated rings. The van der Waals surface area contributed by atoms with Crippen LogP contribution in [-0.2, 0) is 4.79 Å². The molecule has 0 aromatic rings. The first-order valence-corrected chi connectivity index (χ1v) is 22.0. The van der Waals surface area contributed by atoms with Gasteiger partial charge in [0, 0.05) is 6.42 Å². The molecule has 290 valence electrons. The summed E-state index contributed by atoms with van der Waals surface area (Å²) in [6.07, 6.45) is 53.2. The van der Waals surface area contributed by atoms with Gasteiger partial charge >= 0.3 is 0 Å². The summed E-state index contributed by atoms with van der Waals surface area (Å²) in [5.41, 5.74) is 0. The van der Waals surface area contributed by atoms with E-state index in [9.17, 15) is 15.0 Å². The topological polar surface area (TPSA) is 69.6 Å². The molecular formula is C45H87NO3. The van der Waals surface area contributed by atoms with E-state index in [1.807, 2.05) is 0 Å². The van der Waals surface area contributed by atoms with Crippen LogP contribution in [0.25, 0.3) is 0 Å². The fraction of sp³-hybridized carbons (Fsp3) is 0.889. The van der Waals surface area contributed by atoms with Crippen LogP contribution >= 0.6 is 0 Å². The molecule has 3 N–H and O–H groups in total. The smallest absolute Gasteiger partial charge is 0.220 e. The van der Waals surface area contributed by atoms with E-state index in [0.717, 1.165) is 38.5 Å². The lowest BCUT2D eigenvalue weighted by molar-refractivity contribution is -0.123. The van der Waals surface area contributed by atoms with E-state index in [1.165, 1.54) is 173 Å². The van der Waals surface area contributed by atoms with Gasteiger partial charge in [0.15, 0.2) is 0 Å². The lowest BCUT2D eigenvalue weighted by Gasteiger charge is -2.22. The molecule has 0 saturated carbocycles. The third kappa shape index (κ3) is 37.9. The van der Waals surface area contributed by atoms with E-state index in [2.05, 4.69) is 43.5 Å². The maximum atomic E-state index is 12.2. The van der Waals surface area contributed by atoms with Gasteiger partial charge in [-0.25, -0.2) is 0 Å². The molecule has 0 saturated heterocycles. The van der Waals surface area contributed by atoms with Crippen molar-refractivity contribution in [1.82, 2.24) is 5.32 Å². The Kier molecular flexibility index (Phi) is 40.3. The van der Waals surface area contributed by atoms with E-state index in [1.54, 1.807) is 0 Å². The van der Waals surface area contributed by atoms with Crippen molar-refractivity contribution in [2.45, 2.75) is 251 Å². The van der Waals surface area contributed by atoms with Gasteiger partial charge in [0.1, 0.15) is 0 Å². The molecule has 0 spiro atoms. The second kappa shape index (κ2) is 41.3. The van der Waals surface area contributed by atoms with Gasteiger partial charge < -0.3 is 15.5 Å². The molecule has 4 nitrogen and oxygen atoms in total. The number of carbonyl (C=O) groups is 1. The number of allylic oxidation sites excluding steroid dienone is 4. The first kappa shape index (κ1) is 47.9. The average Bonchev–Trinajstić information content (AvgIpc) is 3.11. The molecule has 0 rings (SSSR count). The number of amides is 1. The third-order valence-corrected chi connectivity index (χ3v) is 10.2. The van der Waals surface area contributed by atoms with Gasteiger partial charge in [0.25, 0.3) is 0 Å². The van der Waals surface area contributed by atoms with Crippen LogP contribution in [0.5, 0.6) is 0 Å². The highest BCUT2D eigenvalue weighted by molar-refractivity contribution is 5.76. The molecule has 2 atom stereocenters. The largest absolute Gasteiger partial charge is 0.394 e. The normalized spacial score (nSPS) is 13.1. The summed E-state index contributed by atoms with van der Waals surface area (Å²) >= 11 is 0. The van der Waals surface area contributed by atoms with Crippen LogP contribution in [0.3, 0.4) is 0 Å². The number of unbranched alkanes of at least 4 members (excludes halogenated alkanes) is 29. The Labute approximate surface area is 307 Å². The minimum atomic E-state index is -0.651. The van der Waals surface area contributed by atoms with Gasteiger partial charge in [0.05, 0.1) is 18.8 Å². The summed E-state index contributed by atoms with van der Waals surface area (Å²) in [5.74, 6) is -0.0376. The summed E-state index contributed by atoms with van der Waals surface area (Å²) in [6, 6.07) is -0.528. The van der Waals surface area contributed by atoms with Gasteiger partial charge in [-0.2, -0.15) is 0 Å². The molecule has 0 radical (unpaired) electrons. The van der Waals surface area contributed by atoms with Gasteiger partial charge in [0.2, 0.25) is 5.91 Å². The van der Waals surface area contributed by atoms with Gasteiger partial charge in [-0.1, -0.05) is 212 Å². The second-order valence-electron chi connectivity index (χ2n) is 15.1. The van der Waals surface area contributed by atoms with Gasteiger partial charge in [-0.3, -0.25) is 4.79 Å². The highest BCUT2D eigenvalue weighted by Gasteiger charge is 2.19. The number of hydrogen-bond acceptors (Lipinski definition) is 3. The highest BCUT2D eigenvalue weighted by Crippen LogP contribution is 2.16. The molecule has 0 aromatic heterocycles. The third-order valence-electron chi connectivity index (χ3n) is 10.2. The van der Waals surface area contributed by atoms with E-state index in [4.69, 9.17) is 0 Å². The Morgan fingerprint density at radius 2 is 0.837 bits per heavy atom. The zero-order chi connectivity index (χ0) is 35.7. The van der Waals surface area contributed by atoms with Crippen molar-refractivity contribution in [1.29, 1.82) is 0 Å². The van der Waals surface area contributed by atoms with Crippen molar-refractivity contribution < 1.29 is 15.0 Å². The Bertz CT molecular complexity index is 705. The van der Waals surface area contributed by atoms with Crippen molar-refractivity contribution in [2.24, 2.45) is 0 Å². The minimum Gasteiger partial charge on any atom is -0.394 e. The first-order chi connectivity index (χ1) is 24.2. The second-order valence-corrected chi connectivity index (χ2v) is 15.1. The number of carbonyl (C=O) groups excluding carboxylic acids is 1. The molecule has 1 amide bonds. The quantitative estimate of drug-likeness (QED) is 0.0443. The van der Waals surface area contributed by atoms with Gasteiger partial charge in [-0.15, -0.1) is 0 Å². The Morgan fingerprint density at radius 1 is 0.490 bits per heavy atom. The van der Waals surface area contributed by atoms with Gasteiger partial charge in [-0.05, 0) is 44.9 Å². The maximum Gasteiger partial charge on any atom is 0.220 e. The maximum absolute atomic E-state index is 12.2. The lowest BCUT2D eigenvalue weighted by Crippen LogP contribution is -2.45. The summed E-state index contributed by atoms with van der Waals surface area (Å²) in [7, 11) is 0. The monoisotopic (exact) mass is 690 g/mol. The van der Waals surface area contributed by atoms with Crippen LogP contribution in [0.2, 0.25) is 0 Å². The van der Waals surface area contributed by atoms with E-state index in [0.29, 0.717) is 12.8 Å². The predicted molar refractivity (Wildman–Crippen MR) is 216 cm³/mol. The molecule has 0 aliphatic heterocycles. The summed E-state index contributed by atoms with van der Waals surface area (Å²) < 4.78 is 0. The Hall–Kier alpha value is -1.13. The number of nitrogens with one attached hydrogen (secondary N) is 1. The molecule has 4 heteroatoms. The highest BCUT2D eigenvalue weighted by atomic mass is 16.3. The van der Waals surface area contributed by atoms with Crippen LogP contribution in [0.1, 0.15) is 239 Å². The fourth-order valence-corrected chi connectivity index (χ4v) is 6.80. The zero-order valence-electron chi connectivity index (χ0n) is 33.2. The standard InChI is InChI=1S/C45H87NO3/c1-3-5-7-9-10-11-12-13-14-15-16-17-18-19-20-21-22-23-24-25-26-27-28-29-30-31-32-33-34-35-36-37-39-41-45(49)46-43(42-47)44(48)40-38-8-6-4-2/h12-13,15-16,43-44,47-48H,3-11,14,17-42H2,1-2H3,(H,46,49)/b13-12-,16-15-. The molecule has 0 aliphatic rings. The molecule has 0 aliphatic carbocycles. The minimum absolute atomic E-state index is 0.0376. The van der Waals surface area contributed by atoms with Crippen LogP contribution in [0.15, 0.2) is 24.3 Å². The SMILES string of the molecule is CCCCCCC/C=C\C/C=C\CCCCCCCCCCCCCCCCCCCCCCCC(=O)NC(CO)C(O)CCCCCC. The lowest BCUT2D eigenvalue weighted by atomic mass is 10.0. The van der Waals surface area contributed by atoms with Crippen LogP contribution in [-0.4, -0.2) is 34.9 Å². The van der Waals surface area contributed by atoms with Crippen molar-refractivity contribution in [3.63, 3.8) is 0 Å². The number of aliphatic hydroxyl groups is 2. The number of rotatable bonds is 40. The molecule has 2 unspecified atom stereocenters. The first-order valence-electron chi connectivity index (χ1n) is 22.0. The van der Waals surface area contributed by atoms with Crippen molar-refractivity contribution >= 4 is 5.91 Å². The van der Waals surface area contributed by atoms with E-state index >= 15 is 0 Å². The summed E-state index contributed by atoms with van der Waals surface area (Å²) in [6.45, 7) is 4.25. The number of aliphatic hydroxyl groups excluding tert-OH is 2. The van der Waals surface area contributed by atoms with Crippen molar-refractivity contribution in [3.05, 3.63) is 24.3 Å². The summed E-state index contributed by atoms with van der Waals surface area (Å²) in [5, 5.41) is 22.7.